The summed E-state index contributed by atoms with van der Waals surface area (Å²) in [6.07, 6.45) is 27.7. The quantitative estimate of drug-likeness (QED) is 0.0926. The Morgan fingerprint density at radius 3 is 2.06 bits per heavy atom. The molecule has 32 heavy (non-hydrogen) atoms. The van der Waals surface area contributed by atoms with E-state index in [2.05, 4.69) is 38.2 Å². The highest BCUT2D eigenvalue weighted by Gasteiger charge is 2.13. The highest BCUT2D eigenvalue weighted by atomic mass is 16.6. The summed E-state index contributed by atoms with van der Waals surface area (Å²) in [5.74, 6) is -0.220. The van der Waals surface area contributed by atoms with Crippen molar-refractivity contribution in [3.63, 3.8) is 0 Å². The van der Waals surface area contributed by atoms with E-state index in [0.29, 0.717) is 19.6 Å². The van der Waals surface area contributed by atoms with Crippen LogP contribution in [-0.4, -0.2) is 37.0 Å². The summed E-state index contributed by atoms with van der Waals surface area (Å²) in [6.45, 7) is 5.22. The van der Waals surface area contributed by atoms with Crippen LogP contribution in [-0.2, 0) is 14.3 Å². The van der Waals surface area contributed by atoms with Crippen molar-refractivity contribution >= 4 is 5.97 Å². The molecule has 0 fully saturated rings. The van der Waals surface area contributed by atoms with Crippen LogP contribution in [0.4, 0.5) is 0 Å². The topological polar surface area (TPSA) is 55.8 Å². The van der Waals surface area contributed by atoms with Crippen LogP contribution < -0.4 is 0 Å². The van der Waals surface area contributed by atoms with Gasteiger partial charge < -0.3 is 14.6 Å². The van der Waals surface area contributed by atoms with Gasteiger partial charge in [-0.1, -0.05) is 102 Å². The highest BCUT2D eigenvalue weighted by molar-refractivity contribution is 5.69. The van der Waals surface area contributed by atoms with Crippen molar-refractivity contribution in [1.82, 2.24) is 0 Å². The molecule has 0 saturated heterocycles. The number of rotatable bonds is 24. The molecule has 0 heterocycles. The maximum atomic E-state index is 12.0. The van der Waals surface area contributed by atoms with E-state index < -0.39 is 6.10 Å². The Hall–Kier alpha value is -1.13. The summed E-state index contributed by atoms with van der Waals surface area (Å²) in [5.41, 5.74) is 0. The van der Waals surface area contributed by atoms with E-state index in [9.17, 15) is 9.90 Å². The number of aliphatic hydroxyl groups excluding tert-OH is 1. The van der Waals surface area contributed by atoms with Crippen molar-refractivity contribution in [3.05, 3.63) is 24.3 Å². The third-order valence-electron chi connectivity index (χ3n) is 5.51. The first-order valence-corrected chi connectivity index (χ1v) is 13.4. The Balaban J connectivity index is 3.51. The smallest absolute Gasteiger partial charge is 0.306 e. The second kappa shape index (κ2) is 26.1. The van der Waals surface area contributed by atoms with Gasteiger partial charge in [-0.25, -0.2) is 0 Å². The van der Waals surface area contributed by atoms with Gasteiger partial charge in [0.25, 0.3) is 0 Å². The first kappa shape index (κ1) is 30.9. The number of carbonyl (C=O) groups is 1. The monoisotopic (exact) mass is 452 g/mol. The van der Waals surface area contributed by atoms with Crippen LogP contribution in [0.5, 0.6) is 0 Å². The molecular weight excluding hydrogens is 400 g/mol. The third kappa shape index (κ3) is 23.5. The molecule has 0 aliphatic heterocycles. The van der Waals surface area contributed by atoms with Crippen molar-refractivity contribution in [2.75, 3.05) is 19.8 Å². The molecule has 0 aliphatic rings. The van der Waals surface area contributed by atoms with Crippen LogP contribution in [0.15, 0.2) is 24.3 Å². The maximum Gasteiger partial charge on any atom is 0.306 e. The van der Waals surface area contributed by atoms with Gasteiger partial charge in [-0.2, -0.15) is 0 Å². The van der Waals surface area contributed by atoms with Crippen molar-refractivity contribution in [2.45, 2.75) is 129 Å². The van der Waals surface area contributed by atoms with E-state index >= 15 is 0 Å². The molecule has 1 atom stereocenters. The van der Waals surface area contributed by atoms with Gasteiger partial charge in [0.2, 0.25) is 0 Å². The molecule has 0 amide bonds. The molecule has 4 heteroatoms. The number of allylic oxidation sites excluding steroid dienone is 4. The Morgan fingerprint density at radius 2 is 1.38 bits per heavy atom. The number of unbranched alkanes of at least 4 members (excludes halogenated alkanes) is 12. The molecule has 0 aliphatic carbocycles. The normalized spacial score (nSPS) is 12.7. The SMILES string of the molecule is CCC/C=C\C/C=C\CCCCCCCC(=O)OC(CO)COCCCCCCCCC. The molecule has 0 radical (unpaired) electrons. The van der Waals surface area contributed by atoms with Crippen molar-refractivity contribution in [1.29, 1.82) is 0 Å². The first-order valence-electron chi connectivity index (χ1n) is 13.4. The molecule has 0 aromatic heterocycles. The number of ether oxygens (including phenoxy) is 2. The molecule has 0 spiro atoms. The van der Waals surface area contributed by atoms with Crippen molar-refractivity contribution < 1.29 is 19.4 Å². The van der Waals surface area contributed by atoms with Crippen LogP contribution >= 0.6 is 0 Å². The average Bonchev–Trinajstić information content (AvgIpc) is 2.80. The highest BCUT2D eigenvalue weighted by Crippen LogP contribution is 2.10. The Morgan fingerprint density at radius 1 is 0.750 bits per heavy atom. The van der Waals surface area contributed by atoms with Gasteiger partial charge in [0, 0.05) is 13.0 Å². The standard InChI is InChI=1S/C28H52O4/c1-3-5-7-9-11-12-13-14-15-16-17-19-21-23-28(30)32-27(25-29)26-31-24-22-20-18-10-8-6-4-2/h7,9,12-13,27,29H,3-6,8,10-11,14-26H2,1-2H3/b9-7-,13-12-. The predicted octanol–water partition coefficient (Wildman–Crippen LogP) is 7.69. The fourth-order valence-electron chi connectivity index (χ4n) is 3.48. The summed E-state index contributed by atoms with van der Waals surface area (Å²) >= 11 is 0. The maximum absolute atomic E-state index is 12.0. The number of carbonyl (C=O) groups excluding carboxylic acids is 1. The average molecular weight is 453 g/mol. The summed E-state index contributed by atoms with van der Waals surface area (Å²) in [5, 5.41) is 9.42. The molecule has 1 unspecified atom stereocenters. The lowest BCUT2D eigenvalue weighted by Crippen LogP contribution is -2.27. The van der Waals surface area contributed by atoms with E-state index in [4.69, 9.17) is 9.47 Å². The fourth-order valence-corrected chi connectivity index (χ4v) is 3.48. The summed E-state index contributed by atoms with van der Waals surface area (Å²) in [7, 11) is 0. The van der Waals surface area contributed by atoms with Crippen LogP contribution in [0.1, 0.15) is 123 Å². The van der Waals surface area contributed by atoms with Crippen molar-refractivity contribution in [2.24, 2.45) is 0 Å². The lowest BCUT2D eigenvalue weighted by Gasteiger charge is -2.15. The van der Waals surface area contributed by atoms with Crippen LogP contribution in [0.2, 0.25) is 0 Å². The largest absolute Gasteiger partial charge is 0.457 e. The predicted molar refractivity (Wildman–Crippen MR) is 136 cm³/mol. The van der Waals surface area contributed by atoms with Gasteiger partial charge in [-0.15, -0.1) is 0 Å². The third-order valence-corrected chi connectivity index (χ3v) is 5.51. The second-order valence-corrected chi connectivity index (χ2v) is 8.76. The minimum atomic E-state index is -0.532. The summed E-state index contributed by atoms with van der Waals surface area (Å²) in [4.78, 5) is 12.0. The van der Waals surface area contributed by atoms with Crippen LogP contribution in [0, 0.1) is 0 Å². The van der Waals surface area contributed by atoms with Crippen LogP contribution in [0.3, 0.4) is 0 Å². The lowest BCUT2D eigenvalue weighted by molar-refractivity contribution is -0.154. The minimum Gasteiger partial charge on any atom is -0.457 e. The molecule has 0 aromatic carbocycles. The van der Waals surface area contributed by atoms with Gasteiger partial charge in [-0.05, 0) is 38.5 Å². The van der Waals surface area contributed by atoms with Gasteiger partial charge in [0.1, 0.15) is 6.10 Å². The van der Waals surface area contributed by atoms with E-state index in [1.165, 1.54) is 64.2 Å². The number of aliphatic hydroxyl groups is 1. The summed E-state index contributed by atoms with van der Waals surface area (Å²) < 4.78 is 10.9. The number of hydrogen-bond donors (Lipinski definition) is 1. The number of esters is 1. The van der Waals surface area contributed by atoms with E-state index in [1.54, 1.807) is 0 Å². The summed E-state index contributed by atoms with van der Waals surface area (Å²) in [6, 6.07) is 0. The van der Waals surface area contributed by atoms with Crippen LogP contribution in [0.25, 0.3) is 0 Å². The molecule has 4 nitrogen and oxygen atoms in total. The lowest BCUT2D eigenvalue weighted by atomic mass is 10.1. The molecule has 0 saturated carbocycles. The Bertz CT molecular complexity index is 445. The number of hydrogen-bond acceptors (Lipinski definition) is 4. The molecule has 0 aromatic rings. The van der Waals surface area contributed by atoms with Gasteiger partial charge in [0.15, 0.2) is 0 Å². The zero-order valence-electron chi connectivity index (χ0n) is 21.2. The molecular formula is C28H52O4. The second-order valence-electron chi connectivity index (χ2n) is 8.76. The fraction of sp³-hybridized carbons (Fsp3) is 0.821. The van der Waals surface area contributed by atoms with Crippen molar-refractivity contribution in [3.8, 4) is 0 Å². The molecule has 188 valence electrons. The minimum absolute atomic E-state index is 0.176. The van der Waals surface area contributed by atoms with Gasteiger partial charge in [-0.3, -0.25) is 4.79 Å². The Kier molecular flexibility index (Phi) is 25.2. The molecule has 0 rings (SSSR count). The molecule has 1 N–H and O–H groups in total. The van der Waals surface area contributed by atoms with Gasteiger partial charge in [0.05, 0.1) is 13.2 Å². The van der Waals surface area contributed by atoms with E-state index in [-0.39, 0.29) is 12.6 Å². The molecule has 0 bridgehead atoms. The Labute approximate surface area is 198 Å². The first-order chi connectivity index (χ1) is 15.7. The van der Waals surface area contributed by atoms with E-state index in [0.717, 1.165) is 38.5 Å². The van der Waals surface area contributed by atoms with E-state index in [1.807, 2.05) is 0 Å². The zero-order valence-corrected chi connectivity index (χ0v) is 21.2. The zero-order chi connectivity index (χ0) is 23.5. The van der Waals surface area contributed by atoms with Gasteiger partial charge >= 0.3 is 5.97 Å².